The normalized spacial score (nSPS) is 11.0. The summed E-state index contributed by atoms with van der Waals surface area (Å²) in [5, 5.41) is 13.7. The van der Waals surface area contributed by atoms with E-state index in [0.717, 1.165) is 47.3 Å². The molecular weight excluding hydrogens is 529 g/mol. The van der Waals surface area contributed by atoms with Crippen LogP contribution in [0.15, 0.2) is 53.7 Å². The molecule has 3 rings (SSSR count). The Morgan fingerprint density at radius 1 is 1.09 bits per heavy atom. The van der Waals surface area contributed by atoms with Crippen LogP contribution in [-0.4, -0.2) is 46.8 Å². The molecule has 0 unspecified atom stereocenters. The summed E-state index contributed by atoms with van der Waals surface area (Å²) in [4.78, 5) is 21.0. The first kappa shape index (κ1) is 26.3. The van der Waals surface area contributed by atoms with Crippen molar-refractivity contribution >= 4 is 35.8 Å². The van der Waals surface area contributed by atoms with Gasteiger partial charge in [-0.25, -0.2) is 14.7 Å². The topological polar surface area (TPSA) is 96.2 Å². The second kappa shape index (κ2) is 12.9. The number of rotatable bonds is 8. The van der Waals surface area contributed by atoms with Crippen molar-refractivity contribution in [1.82, 2.24) is 30.7 Å². The fraction of sp³-hybridized carbons (Fsp3) is 0.333. The van der Waals surface area contributed by atoms with E-state index in [1.54, 1.807) is 7.05 Å². The molecule has 0 spiro atoms. The summed E-state index contributed by atoms with van der Waals surface area (Å²) in [7, 11) is 1.64. The van der Waals surface area contributed by atoms with Gasteiger partial charge in [-0.05, 0) is 62.6 Å². The lowest BCUT2D eigenvalue weighted by Gasteiger charge is -2.12. The fourth-order valence-electron chi connectivity index (χ4n) is 3.35. The van der Waals surface area contributed by atoms with E-state index in [2.05, 4.69) is 31.0 Å². The fourth-order valence-corrected chi connectivity index (χ4v) is 3.35. The van der Waals surface area contributed by atoms with Gasteiger partial charge in [0.25, 0.3) is 5.91 Å². The molecular formula is C24H32IN7O. The molecule has 0 saturated carbocycles. The monoisotopic (exact) mass is 561 g/mol. The number of pyridine rings is 1. The molecule has 0 saturated heterocycles. The van der Waals surface area contributed by atoms with Crippen molar-refractivity contribution in [3.05, 3.63) is 76.7 Å². The van der Waals surface area contributed by atoms with E-state index < -0.39 is 0 Å². The zero-order chi connectivity index (χ0) is 22.9. The third-order valence-corrected chi connectivity index (χ3v) is 4.92. The van der Waals surface area contributed by atoms with Gasteiger partial charge in [0.15, 0.2) is 11.8 Å². The number of guanidine groups is 1. The average molecular weight is 561 g/mol. The van der Waals surface area contributed by atoms with Gasteiger partial charge in [-0.2, -0.15) is 5.10 Å². The van der Waals surface area contributed by atoms with E-state index in [1.165, 1.54) is 0 Å². The number of hydrogen-bond acceptors (Lipinski definition) is 4. The van der Waals surface area contributed by atoms with Gasteiger partial charge in [-0.1, -0.05) is 18.2 Å². The van der Waals surface area contributed by atoms with Crippen molar-refractivity contribution in [1.29, 1.82) is 0 Å². The van der Waals surface area contributed by atoms with Crippen LogP contribution < -0.4 is 16.0 Å². The minimum Gasteiger partial charge on any atom is -0.357 e. The summed E-state index contributed by atoms with van der Waals surface area (Å²) in [6.45, 7) is 8.02. The summed E-state index contributed by atoms with van der Waals surface area (Å²) in [5.41, 5.74) is 4.81. The lowest BCUT2D eigenvalue weighted by Crippen LogP contribution is -2.38. The maximum absolute atomic E-state index is 11.8. The highest BCUT2D eigenvalue weighted by Gasteiger charge is 2.06. The molecule has 1 amide bonds. The van der Waals surface area contributed by atoms with Crippen LogP contribution in [0.2, 0.25) is 0 Å². The molecule has 0 bridgehead atoms. The summed E-state index contributed by atoms with van der Waals surface area (Å²) in [6, 6.07) is 13.7. The molecule has 9 heteroatoms. The molecule has 33 heavy (non-hydrogen) atoms. The predicted molar refractivity (Wildman–Crippen MR) is 143 cm³/mol. The van der Waals surface area contributed by atoms with Crippen LogP contribution in [0.3, 0.4) is 0 Å². The highest BCUT2D eigenvalue weighted by atomic mass is 127. The van der Waals surface area contributed by atoms with Crippen molar-refractivity contribution in [2.24, 2.45) is 4.99 Å². The number of halogens is 1. The maximum atomic E-state index is 11.8. The molecule has 3 N–H and O–H groups in total. The number of nitrogens with zero attached hydrogens (tertiary/aromatic N) is 4. The van der Waals surface area contributed by atoms with Gasteiger partial charge in [0.05, 0.1) is 12.2 Å². The Labute approximate surface area is 212 Å². The highest BCUT2D eigenvalue weighted by Crippen LogP contribution is 2.11. The third kappa shape index (κ3) is 7.55. The lowest BCUT2D eigenvalue weighted by atomic mass is 10.1. The molecule has 2 heterocycles. The Kier molecular flexibility index (Phi) is 10.3. The quantitative estimate of drug-likeness (QED) is 0.223. The first-order valence-electron chi connectivity index (χ1n) is 10.8. The minimum atomic E-state index is -0.0767. The zero-order valence-electron chi connectivity index (χ0n) is 19.6. The van der Waals surface area contributed by atoms with Crippen molar-refractivity contribution in [3.8, 4) is 5.82 Å². The van der Waals surface area contributed by atoms with E-state index in [1.807, 2.05) is 74.1 Å². The van der Waals surface area contributed by atoms with E-state index >= 15 is 0 Å². The molecule has 1 aromatic carbocycles. The second-order valence-electron chi connectivity index (χ2n) is 7.51. The lowest BCUT2D eigenvalue weighted by molar-refractivity contribution is 0.0963. The second-order valence-corrected chi connectivity index (χ2v) is 7.51. The average Bonchev–Trinajstić information content (AvgIpc) is 3.15. The molecule has 176 valence electrons. The van der Waals surface area contributed by atoms with Gasteiger partial charge in [-0.15, -0.1) is 24.0 Å². The number of aryl methyl sites for hydroxylation is 2. The Morgan fingerprint density at radius 3 is 2.55 bits per heavy atom. The van der Waals surface area contributed by atoms with Gasteiger partial charge < -0.3 is 16.0 Å². The first-order valence-corrected chi connectivity index (χ1v) is 10.8. The van der Waals surface area contributed by atoms with Crippen molar-refractivity contribution in [3.63, 3.8) is 0 Å². The number of aliphatic imine (C=N–C) groups is 1. The molecule has 0 aliphatic heterocycles. The van der Waals surface area contributed by atoms with Crippen LogP contribution in [0.25, 0.3) is 5.82 Å². The van der Waals surface area contributed by atoms with Gasteiger partial charge in [0.1, 0.15) is 0 Å². The van der Waals surface area contributed by atoms with E-state index in [0.29, 0.717) is 18.7 Å². The van der Waals surface area contributed by atoms with Crippen LogP contribution >= 0.6 is 24.0 Å². The van der Waals surface area contributed by atoms with Crippen LogP contribution in [0.4, 0.5) is 0 Å². The van der Waals surface area contributed by atoms with Crippen LogP contribution in [0.1, 0.15) is 39.8 Å². The standard InChI is InChI=1S/C24H31N7O.HI/c1-5-26-24(27-12-11-19-7-6-8-21(14-19)23(32)25-4)29-16-20-9-10-22(28-15-20)31-18(3)13-17(2)30-31;/h6-10,13-15H,5,11-12,16H2,1-4H3,(H,25,32)(H2,26,27,29);1H. The number of benzene rings is 1. The Morgan fingerprint density at radius 2 is 1.91 bits per heavy atom. The van der Waals surface area contributed by atoms with Gasteiger partial charge >= 0.3 is 0 Å². The Balaban J connectivity index is 0.00000385. The van der Waals surface area contributed by atoms with E-state index in [-0.39, 0.29) is 29.9 Å². The first-order chi connectivity index (χ1) is 15.5. The van der Waals surface area contributed by atoms with Gasteiger partial charge in [0, 0.05) is 37.6 Å². The molecule has 0 fully saturated rings. The third-order valence-electron chi connectivity index (χ3n) is 4.92. The number of amides is 1. The van der Waals surface area contributed by atoms with Gasteiger partial charge in [0.2, 0.25) is 0 Å². The molecule has 0 aliphatic carbocycles. The van der Waals surface area contributed by atoms with Crippen molar-refractivity contribution < 1.29 is 4.79 Å². The molecule has 0 radical (unpaired) electrons. The predicted octanol–water partition coefficient (Wildman–Crippen LogP) is 3.16. The molecule has 8 nitrogen and oxygen atoms in total. The van der Waals surface area contributed by atoms with Crippen LogP contribution in [0, 0.1) is 13.8 Å². The SMILES string of the molecule is CCNC(=NCc1ccc(-n2nc(C)cc2C)nc1)NCCc1cccc(C(=O)NC)c1.I. The van der Waals surface area contributed by atoms with Crippen LogP contribution in [0.5, 0.6) is 0 Å². The smallest absolute Gasteiger partial charge is 0.251 e. The molecule has 0 aliphatic rings. The Hall–Kier alpha value is -2.95. The largest absolute Gasteiger partial charge is 0.357 e. The van der Waals surface area contributed by atoms with Crippen molar-refractivity contribution in [2.45, 2.75) is 33.7 Å². The molecule has 3 aromatic rings. The summed E-state index contributed by atoms with van der Waals surface area (Å²) < 4.78 is 1.84. The number of aromatic nitrogens is 3. The summed E-state index contributed by atoms with van der Waals surface area (Å²) in [5.74, 6) is 1.47. The van der Waals surface area contributed by atoms with Crippen molar-refractivity contribution in [2.75, 3.05) is 20.1 Å². The highest BCUT2D eigenvalue weighted by molar-refractivity contribution is 14.0. The number of hydrogen-bond donors (Lipinski definition) is 3. The maximum Gasteiger partial charge on any atom is 0.251 e. The minimum absolute atomic E-state index is 0. The number of carbonyl (C=O) groups is 1. The Bertz CT molecular complexity index is 1080. The number of nitrogens with one attached hydrogen (secondary N) is 3. The number of carbonyl (C=O) groups excluding carboxylic acids is 1. The summed E-state index contributed by atoms with van der Waals surface area (Å²) in [6.07, 6.45) is 2.62. The van der Waals surface area contributed by atoms with Gasteiger partial charge in [-0.3, -0.25) is 4.79 Å². The van der Waals surface area contributed by atoms with E-state index in [9.17, 15) is 4.79 Å². The van der Waals surface area contributed by atoms with Crippen LogP contribution in [-0.2, 0) is 13.0 Å². The van der Waals surface area contributed by atoms with E-state index in [4.69, 9.17) is 0 Å². The zero-order valence-corrected chi connectivity index (χ0v) is 21.9. The molecule has 0 atom stereocenters. The molecule has 2 aromatic heterocycles. The summed E-state index contributed by atoms with van der Waals surface area (Å²) >= 11 is 0.